The lowest BCUT2D eigenvalue weighted by Crippen LogP contribution is -2.47. The van der Waals surface area contributed by atoms with E-state index in [1.807, 2.05) is 20.8 Å². The SMILES string of the molecule is CCCCOOC#CC(OOC)(OOCCCC)C(CC)OOC. The summed E-state index contributed by atoms with van der Waals surface area (Å²) in [6, 6.07) is 0. The Morgan fingerprint density at radius 1 is 0.875 bits per heavy atom. The number of hydrogen-bond donors (Lipinski definition) is 0. The second-order valence-electron chi connectivity index (χ2n) is 4.82. The van der Waals surface area contributed by atoms with Crippen molar-refractivity contribution in [2.24, 2.45) is 0 Å². The predicted molar refractivity (Wildman–Crippen MR) is 84.7 cm³/mol. The average Bonchev–Trinajstić information content (AvgIpc) is 2.59. The molecule has 0 saturated heterocycles. The minimum atomic E-state index is -1.69. The molecule has 0 aliphatic rings. The van der Waals surface area contributed by atoms with Crippen molar-refractivity contribution in [1.29, 1.82) is 0 Å². The van der Waals surface area contributed by atoms with Crippen molar-refractivity contribution in [2.75, 3.05) is 27.4 Å². The molecule has 0 spiro atoms. The van der Waals surface area contributed by atoms with E-state index in [9.17, 15) is 0 Å². The summed E-state index contributed by atoms with van der Waals surface area (Å²) < 4.78 is 0. The predicted octanol–water partition coefficient (Wildman–Crippen LogP) is 3.07. The van der Waals surface area contributed by atoms with E-state index in [2.05, 4.69) is 12.0 Å². The Hall–Kier alpha value is -0.920. The standard InChI is InChI=1S/C16H30O8/c1-6-9-12-19-20-14-11-16(23-18-5,15(8-3)22-17-4)24-21-13-10-7-2/h15H,6-10,12-13H2,1-5H3. The molecule has 8 nitrogen and oxygen atoms in total. The lowest BCUT2D eigenvalue weighted by Gasteiger charge is -2.30. The molecule has 0 aromatic heterocycles. The van der Waals surface area contributed by atoms with Crippen LogP contribution in [0.4, 0.5) is 0 Å². The van der Waals surface area contributed by atoms with Crippen molar-refractivity contribution in [3.05, 3.63) is 0 Å². The van der Waals surface area contributed by atoms with Crippen LogP contribution in [-0.4, -0.2) is 39.3 Å². The van der Waals surface area contributed by atoms with Crippen LogP contribution in [-0.2, 0) is 39.1 Å². The maximum atomic E-state index is 5.34. The van der Waals surface area contributed by atoms with Crippen LogP contribution in [0.15, 0.2) is 0 Å². The van der Waals surface area contributed by atoms with Crippen molar-refractivity contribution in [1.82, 2.24) is 0 Å². The highest BCUT2D eigenvalue weighted by molar-refractivity contribution is 5.09. The van der Waals surface area contributed by atoms with E-state index in [0.29, 0.717) is 19.6 Å². The maximum Gasteiger partial charge on any atom is 0.325 e. The van der Waals surface area contributed by atoms with Gasteiger partial charge in [0.2, 0.25) is 0 Å². The van der Waals surface area contributed by atoms with Crippen LogP contribution in [0.25, 0.3) is 0 Å². The summed E-state index contributed by atoms with van der Waals surface area (Å²) in [5.41, 5.74) is 0. The third kappa shape index (κ3) is 9.39. The molecule has 0 bridgehead atoms. The molecular weight excluding hydrogens is 320 g/mol. The van der Waals surface area contributed by atoms with E-state index in [4.69, 9.17) is 39.1 Å². The molecule has 0 fully saturated rings. The molecule has 0 N–H and O–H groups in total. The van der Waals surface area contributed by atoms with Gasteiger partial charge in [0.15, 0.2) is 12.2 Å². The van der Waals surface area contributed by atoms with Crippen LogP contribution in [0.2, 0.25) is 0 Å². The van der Waals surface area contributed by atoms with Crippen LogP contribution < -0.4 is 0 Å². The molecule has 0 heterocycles. The minimum Gasteiger partial charge on any atom is -0.282 e. The fourth-order valence-electron chi connectivity index (χ4n) is 1.58. The molecule has 0 radical (unpaired) electrons. The number of rotatable bonds is 15. The second kappa shape index (κ2) is 15.6. The average molecular weight is 350 g/mol. The zero-order valence-corrected chi connectivity index (χ0v) is 15.3. The first-order valence-electron chi connectivity index (χ1n) is 8.23. The molecule has 0 saturated carbocycles. The summed E-state index contributed by atoms with van der Waals surface area (Å²) in [4.78, 5) is 40.1. The maximum absolute atomic E-state index is 5.34. The normalized spacial score (nSPS) is 14.5. The Bertz CT molecular complexity index is 341. The monoisotopic (exact) mass is 350 g/mol. The smallest absolute Gasteiger partial charge is 0.282 e. The molecule has 0 amide bonds. The van der Waals surface area contributed by atoms with E-state index in [1.165, 1.54) is 14.2 Å². The molecular formula is C16H30O8. The minimum absolute atomic E-state index is 0.365. The Morgan fingerprint density at radius 2 is 1.54 bits per heavy atom. The quantitative estimate of drug-likeness (QED) is 0.147. The molecule has 0 aliphatic heterocycles. The Balaban J connectivity index is 4.99. The lowest BCUT2D eigenvalue weighted by molar-refractivity contribution is -0.520. The van der Waals surface area contributed by atoms with Crippen LogP contribution in [0.1, 0.15) is 52.9 Å². The largest absolute Gasteiger partial charge is 0.325 e. The second-order valence-corrected chi connectivity index (χ2v) is 4.82. The fourth-order valence-corrected chi connectivity index (χ4v) is 1.58. The van der Waals surface area contributed by atoms with Gasteiger partial charge in [-0.05, 0) is 19.3 Å². The van der Waals surface area contributed by atoms with Crippen molar-refractivity contribution in [2.45, 2.75) is 64.8 Å². The molecule has 2 atom stereocenters. The molecule has 0 aromatic rings. The molecule has 8 heteroatoms. The molecule has 0 aromatic carbocycles. The lowest BCUT2D eigenvalue weighted by atomic mass is 10.1. The summed E-state index contributed by atoms with van der Waals surface area (Å²) >= 11 is 0. The van der Waals surface area contributed by atoms with Crippen molar-refractivity contribution in [3.63, 3.8) is 0 Å². The van der Waals surface area contributed by atoms with E-state index in [-0.39, 0.29) is 0 Å². The van der Waals surface area contributed by atoms with Gasteiger partial charge in [-0.1, -0.05) is 33.6 Å². The van der Waals surface area contributed by atoms with Gasteiger partial charge in [0.1, 0.15) is 0 Å². The summed E-state index contributed by atoms with van der Waals surface area (Å²) in [5, 5.41) is 0. The van der Waals surface area contributed by atoms with E-state index < -0.39 is 11.9 Å². The summed E-state index contributed by atoms with van der Waals surface area (Å²) in [6.45, 7) is 6.72. The van der Waals surface area contributed by atoms with Gasteiger partial charge in [0, 0.05) is 5.92 Å². The Morgan fingerprint density at radius 3 is 2.08 bits per heavy atom. The van der Waals surface area contributed by atoms with Gasteiger partial charge in [0.25, 0.3) is 0 Å². The fraction of sp³-hybridized carbons (Fsp3) is 0.875. The van der Waals surface area contributed by atoms with E-state index in [1.54, 1.807) is 0 Å². The van der Waals surface area contributed by atoms with Gasteiger partial charge in [-0.3, -0.25) is 4.89 Å². The number of hydrogen-bond acceptors (Lipinski definition) is 8. The Kier molecular flexibility index (Phi) is 15.0. The van der Waals surface area contributed by atoms with E-state index in [0.717, 1.165) is 25.7 Å². The van der Waals surface area contributed by atoms with Crippen molar-refractivity contribution >= 4 is 0 Å². The van der Waals surface area contributed by atoms with Crippen LogP contribution in [0, 0.1) is 12.0 Å². The van der Waals surface area contributed by atoms with E-state index >= 15 is 0 Å². The zero-order valence-electron chi connectivity index (χ0n) is 15.3. The van der Waals surface area contributed by atoms with Gasteiger partial charge in [-0.2, -0.15) is 14.7 Å². The zero-order chi connectivity index (χ0) is 18.1. The van der Waals surface area contributed by atoms with Crippen LogP contribution >= 0.6 is 0 Å². The number of unbranched alkanes of at least 4 members (excludes halogenated alkanes) is 2. The molecule has 142 valence electrons. The third-order valence-electron chi connectivity index (χ3n) is 2.89. The van der Waals surface area contributed by atoms with Crippen molar-refractivity contribution in [3.8, 4) is 12.0 Å². The topological polar surface area (TPSA) is 73.8 Å². The first-order chi connectivity index (χ1) is 11.7. The van der Waals surface area contributed by atoms with Gasteiger partial charge in [-0.25, -0.2) is 19.6 Å². The first kappa shape index (κ1) is 23.1. The molecule has 24 heavy (non-hydrogen) atoms. The molecule has 2 unspecified atom stereocenters. The Labute approximate surface area is 144 Å². The summed E-state index contributed by atoms with van der Waals surface area (Å²) in [6.07, 6.45) is 5.67. The summed E-state index contributed by atoms with van der Waals surface area (Å²) in [7, 11) is 2.69. The molecule has 0 rings (SSSR count). The van der Waals surface area contributed by atoms with Gasteiger partial charge < -0.3 is 0 Å². The highest BCUT2D eigenvalue weighted by Gasteiger charge is 2.45. The van der Waals surface area contributed by atoms with Gasteiger partial charge in [-0.15, -0.1) is 0 Å². The highest BCUT2D eigenvalue weighted by Crippen LogP contribution is 2.24. The van der Waals surface area contributed by atoms with Gasteiger partial charge in [0.05, 0.1) is 27.4 Å². The third-order valence-corrected chi connectivity index (χ3v) is 2.89. The van der Waals surface area contributed by atoms with Gasteiger partial charge >= 0.3 is 5.79 Å². The van der Waals surface area contributed by atoms with Crippen molar-refractivity contribution < 1.29 is 39.1 Å². The van der Waals surface area contributed by atoms with Crippen LogP contribution in [0.3, 0.4) is 0 Å². The van der Waals surface area contributed by atoms with Crippen LogP contribution in [0.5, 0.6) is 0 Å². The first-order valence-corrected chi connectivity index (χ1v) is 8.23. The summed E-state index contributed by atoms with van der Waals surface area (Å²) in [5.74, 6) is 0.934. The molecule has 0 aliphatic carbocycles. The highest BCUT2D eigenvalue weighted by atomic mass is 17.3.